The molecule has 2 bridgehead atoms. The van der Waals surface area contributed by atoms with Crippen molar-refractivity contribution in [2.75, 3.05) is 6.61 Å². The molecule has 1 aliphatic heterocycles. The molecule has 3 aromatic rings. The average Bonchev–Trinajstić information content (AvgIpc) is 3.28. The summed E-state index contributed by atoms with van der Waals surface area (Å²) in [5.41, 5.74) is -9.83. The molecule has 1 saturated heterocycles. The number of fused-ring (bicyclic) bond motifs is 5. The first-order valence-corrected chi connectivity index (χ1v) is 20.2. The second-order valence-electron chi connectivity index (χ2n) is 17.1. The number of ether oxygens (including phenoxy) is 5. The second kappa shape index (κ2) is 16.7. The largest absolute Gasteiger partial charge is 0.456 e. The number of Topliss-reactive ketones (excluding diaryl/α,β-unsaturated/α-hetero) is 1. The Morgan fingerprint density at radius 2 is 1.49 bits per heavy atom. The normalized spacial score (nSPS) is 33.8. The van der Waals surface area contributed by atoms with Crippen LogP contribution in [0.2, 0.25) is 0 Å². The summed E-state index contributed by atoms with van der Waals surface area (Å²) in [7, 11) is 0. The number of carbonyl (C=O) groups is 6. The summed E-state index contributed by atoms with van der Waals surface area (Å²) in [6, 6.07) is 9.10. The van der Waals surface area contributed by atoms with E-state index in [-0.39, 0.29) is 22.3 Å². The van der Waals surface area contributed by atoms with Crippen molar-refractivity contribution in [3.63, 3.8) is 0 Å². The highest BCUT2D eigenvalue weighted by Gasteiger charge is 2.80. The molecule has 0 aromatic heterocycles. The lowest BCUT2D eigenvalue weighted by atomic mass is 9.44. The van der Waals surface area contributed by atoms with Crippen LogP contribution in [0.4, 0.5) is 0 Å². The first-order chi connectivity index (χ1) is 31.8. The molecular weight excluding hydrogens is 819 g/mol. The Hall–Kier alpha value is -5.78. The van der Waals surface area contributed by atoms with E-state index < -0.39 is 161 Å². The fourth-order valence-electron chi connectivity index (χ4n) is 10.0. The molecular formula is C47H51NO15. The third-order valence-electron chi connectivity index (χ3n) is 13.2. The molecule has 334 valence electrons. The van der Waals surface area contributed by atoms with Crippen LogP contribution in [0.5, 0.6) is 0 Å². The number of hydrogen-bond acceptors (Lipinski definition) is 15. The van der Waals surface area contributed by atoms with Crippen molar-refractivity contribution in [1.29, 1.82) is 0 Å². The van der Waals surface area contributed by atoms with E-state index in [1.807, 2.05) is 0 Å². The van der Waals surface area contributed by atoms with E-state index in [2.05, 4.69) is 5.32 Å². The Balaban J connectivity index is 1.39. The molecule has 4 aliphatic rings. The maximum absolute atomic E-state index is 15.6. The first-order valence-electron chi connectivity index (χ1n) is 22.7. The van der Waals surface area contributed by atoms with E-state index >= 15 is 4.79 Å². The summed E-state index contributed by atoms with van der Waals surface area (Å²) in [6.45, 7) is 7.00. The maximum atomic E-state index is 15.6. The van der Waals surface area contributed by atoms with Crippen LogP contribution in [0.1, 0.15) is 87.1 Å². The number of benzene rings is 3. The molecule has 63 heavy (non-hydrogen) atoms. The number of carbonyl (C=O) groups excluding carboxylic acids is 6. The topological polar surface area (TPSA) is 242 Å². The average molecular weight is 875 g/mol. The number of aliphatic hydroxyl groups is 4. The lowest BCUT2D eigenvalue weighted by Crippen LogP contribution is -2.85. The van der Waals surface area contributed by atoms with Gasteiger partial charge >= 0.3 is 23.9 Å². The van der Waals surface area contributed by atoms with Crippen LogP contribution in [0.3, 0.4) is 0 Å². The maximum Gasteiger partial charge on any atom is 0.338 e. The van der Waals surface area contributed by atoms with Gasteiger partial charge in [0.05, 0.1) is 42.5 Å². The lowest BCUT2D eigenvalue weighted by Gasteiger charge is -2.68. The number of esters is 4. The van der Waals surface area contributed by atoms with Crippen molar-refractivity contribution in [2.24, 2.45) is 16.7 Å². The van der Waals surface area contributed by atoms with Gasteiger partial charge in [0.25, 0.3) is 5.91 Å². The van der Waals surface area contributed by atoms with Crippen molar-refractivity contribution >= 4 is 35.6 Å². The summed E-state index contributed by atoms with van der Waals surface area (Å²) >= 11 is 0. The Labute approximate surface area is 370 Å². The first kappa shape index (κ1) is 38.9. The van der Waals surface area contributed by atoms with Crippen molar-refractivity contribution in [2.45, 2.75) is 108 Å². The smallest absolute Gasteiger partial charge is 0.338 e. The van der Waals surface area contributed by atoms with Crippen molar-refractivity contribution in [3.05, 3.63) is 119 Å². The highest BCUT2D eigenvalue weighted by Crippen LogP contribution is 2.64. The third-order valence-corrected chi connectivity index (χ3v) is 13.2. The molecule has 16 nitrogen and oxygen atoms in total. The molecule has 0 unspecified atom stereocenters. The van der Waals surface area contributed by atoms with Crippen molar-refractivity contribution in [1.82, 2.24) is 5.32 Å². The van der Waals surface area contributed by atoms with Crippen LogP contribution in [0.25, 0.3) is 0 Å². The minimum Gasteiger partial charge on any atom is -0.456 e. The van der Waals surface area contributed by atoms with Crippen LogP contribution in [0.15, 0.2) is 102 Å². The number of hydrogen-bond donors (Lipinski definition) is 5. The number of aliphatic hydroxyl groups excluding tert-OH is 3. The Morgan fingerprint density at radius 3 is 2.06 bits per heavy atom. The molecule has 2 saturated carbocycles. The molecule has 12 atom stereocenters. The summed E-state index contributed by atoms with van der Waals surface area (Å²) in [5.74, 6) is -8.62. The van der Waals surface area contributed by atoms with E-state index in [0.717, 1.165) is 13.8 Å². The minimum atomic E-state index is -2.59. The zero-order chi connectivity index (χ0) is 50.2. The predicted molar refractivity (Wildman–Crippen MR) is 219 cm³/mol. The summed E-state index contributed by atoms with van der Waals surface area (Å²) in [5, 5.41) is 51.7. The van der Waals surface area contributed by atoms with Gasteiger partial charge < -0.3 is 49.4 Å². The number of nitrogens with one attached hydrogen (secondary N) is 1. The molecule has 3 aromatic carbocycles. The van der Waals surface area contributed by atoms with Gasteiger partial charge in [-0.25, -0.2) is 9.59 Å². The molecule has 7 rings (SSSR count). The van der Waals surface area contributed by atoms with Crippen LogP contribution < -0.4 is 5.32 Å². The SMILES string of the molecule is [2H]c1c([2H])c([2H])c(C(=O)N[C@H](c2ccccc2)[C@H](O)C(=O)O[C@@H]2C[C@]3(O)[C@H](OC(=O)c4ccccc4)[C@H]4[C@@]5(OC(C)=O)CO[C@H]5[C@H](O)[C@@H](O)[C@]4(C)C(=O)[C@@H](OC(C)=O)C(=C2C)C3(C)C)c([2H])c1[2H]. The second-order valence-corrected chi connectivity index (χ2v) is 17.1. The molecule has 0 spiro atoms. The Bertz CT molecular complexity index is 2590. The van der Waals surface area contributed by atoms with Crippen molar-refractivity contribution in [3.8, 4) is 0 Å². The van der Waals surface area contributed by atoms with Gasteiger partial charge in [0.1, 0.15) is 30.0 Å². The lowest BCUT2D eigenvalue weighted by molar-refractivity contribution is -0.369. The monoisotopic (exact) mass is 874 g/mol. The van der Waals surface area contributed by atoms with Gasteiger partial charge in [-0.3, -0.25) is 19.2 Å². The van der Waals surface area contributed by atoms with E-state index in [9.17, 15) is 44.4 Å². The summed E-state index contributed by atoms with van der Waals surface area (Å²) in [4.78, 5) is 84.2. The Morgan fingerprint density at radius 1 is 0.873 bits per heavy atom. The molecule has 3 aliphatic carbocycles. The van der Waals surface area contributed by atoms with Gasteiger partial charge in [0.2, 0.25) is 0 Å². The predicted octanol–water partition coefficient (Wildman–Crippen LogP) is 2.71. The molecule has 1 amide bonds. The number of rotatable bonds is 10. The molecule has 5 N–H and O–H groups in total. The number of ketones is 1. The highest BCUT2D eigenvalue weighted by molar-refractivity contribution is 5.96. The van der Waals surface area contributed by atoms with Gasteiger partial charge in [-0.15, -0.1) is 0 Å². The van der Waals surface area contributed by atoms with Gasteiger partial charge in [0, 0.05) is 31.2 Å². The van der Waals surface area contributed by atoms with E-state index in [1.54, 1.807) is 12.1 Å². The summed E-state index contributed by atoms with van der Waals surface area (Å²) < 4.78 is 70.5. The van der Waals surface area contributed by atoms with Gasteiger partial charge in [-0.2, -0.15) is 0 Å². The highest BCUT2D eigenvalue weighted by atomic mass is 16.6. The molecule has 1 heterocycles. The van der Waals surface area contributed by atoms with Crippen LogP contribution in [-0.2, 0) is 42.9 Å². The fourth-order valence-corrected chi connectivity index (χ4v) is 10.0. The van der Waals surface area contributed by atoms with E-state index in [0.29, 0.717) is 0 Å². The van der Waals surface area contributed by atoms with E-state index in [4.69, 9.17) is 30.5 Å². The Kier molecular flexibility index (Phi) is 10.3. The standard InChI is InChI=1S/C47H51NO15/c1-24-30(61-43(57)33(51)32(27-16-10-7-11-17-27)48-41(55)28-18-12-8-13-19-28)22-47(58)40(62-42(56)29-20-14-9-15-21-29)36-45(6,38(54)35(60-25(2)49)31(24)44(47,4)5)37(53)34(52)39-46(36,23-59-39)63-26(3)50/h7-21,30,32-37,39-40,51-53,58H,22-23H2,1-6H3,(H,48,55)/t30-,32-,33+,34-,35+,36-,37-,39+,40-,45-,46+,47+/m1/s1/i8D,12D,13D,18D,19D. The van der Waals surface area contributed by atoms with Gasteiger partial charge in [-0.1, -0.05) is 80.5 Å². The van der Waals surface area contributed by atoms with Crippen molar-refractivity contribution < 1.29 is 79.7 Å². The third kappa shape index (κ3) is 7.42. The van der Waals surface area contributed by atoms with E-state index in [1.165, 1.54) is 76.2 Å². The molecule has 0 radical (unpaired) electrons. The van der Waals surface area contributed by atoms with Crippen LogP contribution in [-0.4, -0.2) is 117 Å². The summed E-state index contributed by atoms with van der Waals surface area (Å²) in [6.07, 6.45) is -14.4. The van der Waals surface area contributed by atoms with Gasteiger partial charge in [0.15, 0.2) is 23.6 Å². The quantitative estimate of drug-likeness (QED) is 0.112. The van der Waals surface area contributed by atoms with Gasteiger partial charge in [-0.05, 0) is 54.8 Å². The molecule has 3 fully saturated rings. The molecule has 16 heteroatoms. The zero-order valence-corrected chi connectivity index (χ0v) is 35.2. The van der Waals surface area contributed by atoms with Crippen LogP contribution in [0, 0.1) is 16.7 Å². The number of amides is 1. The fraction of sp³-hybridized carbons (Fsp3) is 0.447. The zero-order valence-electron chi connectivity index (χ0n) is 40.2. The van der Waals surface area contributed by atoms with Crippen LogP contribution >= 0.6 is 0 Å². The minimum absolute atomic E-state index is 0.000149.